The highest BCUT2D eigenvalue weighted by Crippen LogP contribution is 2.16. The number of amides is 1. The second kappa shape index (κ2) is 9.10. The molecule has 6 nitrogen and oxygen atoms in total. The Kier molecular flexibility index (Phi) is 6.33. The number of Topliss-reactive ketones (excluding diaryl/α,β-unsaturated/α-hetero) is 1. The Bertz CT molecular complexity index is 721. The predicted octanol–water partition coefficient (Wildman–Crippen LogP) is 2.40. The molecule has 1 fully saturated rings. The van der Waals surface area contributed by atoms with Crippen LogP contribution in [0.1, 0.15) is 29.6 Å². The Hall–Kier alpha value is -2.73. The van der Waals surface area contributed by atoms with Crippen LogP contribution in [0.2, 0.25) is 0 Å². The highest BCUT2D eigenvalue weighted by Gasteiger charge is 2.29. The molecule has 1 aromatic heterocycles. The third-order valence-electron chi connectivity index (χ3n) is 4.24. The first-order valence-electron chi connectivity index (χ1n) is 8.75. The van der Waals surface area contributed by atoms with E-state index in [-0.39, 0.29) is 36.7 Å². The summed E-state index contributed by atoms with van der Waals surface area (Å²) in [7, 11) is 0. The van der Waals surface area contributed by atoms with Crippen molar-refractivity contribution in [3.8, 4) is 5.88 Å². The number of ether oxygens (including phenoxy) is 2. The minimum absolute atomic E-state index is 0.0333. The molecule has 0 bridgehead atoms. The molecule has 2 atom stereocenters. The highest BCUT2D eigenvalue weighted by atomic mass is 16.5. The fraction of sp³-hybridized carbons (Fsp3) is 0.350. The molecule has 0 saturated carbocycles. The van der Waals surface area contributed by atoms with E-state index in [0.717, 1.165) is 0 Å². The van der Waals surface area contributed by atoms with Crippen molar-refractivity contribution in [3.05, 3.63) is 60.3 Å². The zero-order valence-electron chi connectivity index (χ0n) is 14.5. The topological polar surface area (TPSA) is 77.5 Å². The highest BCUT2D eigenvalue weighted by molar-refractivity contribution is 5.97. The van der Waals surface area contributed by atoms with Crippen LogP contribution in [0.25, 0.3) is 0 Å². The number of carbonyl (C=O) groups excluding carboxylic acids is 2. The zero-order valence-corrected chi connectivity index (χ0v) is 14.5. The van der Waals surface area contributed by atoms with Gasteiger partial charge in [0.15, 0.2) is 5.78 Å². The maximum absolute atomic E-state index is 12.3. The number of hydrogen-bond acceptors (Lipinski definition) is 5. The Morgan fingerprint density at radius 2 is 1.92 bits per heavy atom. The molecule has 0 unspecified atom stereocenters. The fourth-order valence-corrected chi connectivity index (χ4v) is 2.84. The van der Waals surface area contributed by atoms with Gasteiger partial charge in [-0.2, -0.15) is 0 Å². The summed E-state index contributed by atoms with van der Waals surface area (Å²) in [5, 5.41) is 2.97. The smallest absolute Gasteiger partial charge is 0.220 e. The van der Waals surface area contributed by atoms with Crippen LogP contribution in [0.3, 0.4) is 0 Å². The summed E-state index contributed by atoms with van der Waals surface area (Å²) in [6.07, 6.45) is 2.36. The van der Waals surface area contributed by atoms with Gasteiger partial charge in [0.2, 0.25) is 11.8 Å². The van der Waals surface area contributed by atoms with Gasteiger partial charge in [-0.25, -0.2) is 4.98 Å². The van der Waals surface area contributed by atoms with Crippen molar-refractivity contribution in [2.24, 2.45) is 0 Å². The molecule has 1 N–H and O–H groups in total. The molecule has 0 spiro atoms. The van der Waals surface area contributed by atoms with Gasteiger partial charge in [0.05, 0.1) is 12.6 Å². The van der Waals surface area contributed by atoms with Crippen molar-refractivity contribution in [1.29, 1.82) is 0 Å². The second-order valence-electron chi connectivity index (χ2n) is 6.15. The van der Waals surface area contributed by atoms with Gasteiger partial charge < -0.3 is 14.8 Å². The summed E-state index contributed by atoms with van der Waals surface area (Å²) >= 11 is 0. The summed E-state index contributed by atoms with van der Waals surface area (Å²) in [6, 6.07) is 14.3. The van der Waals surface area contributed by atoms with Crippen molar-refractivity contribution >= 4 is 11.7 Å². The average Bonchev–Trinajstić information content (AvgIpc) is 2.69. The maximum Gasteiger partial charge on any atom is 0.220 e. The van der Waals surface area contributed by atoms with E-state index in [1.54, 1.807) is 24.4 Å². The summed E-state index contributed by atoms with van der Waals surface area (Å²) in [5.41, 5.74) is 0.628. The Labute approximate surface area is 152 Å². The van der Waals surface area contributed by atoms with Crippen LogP contribution in [0, 0.1) is 0 Å². The number of aromatic nitrogens is 1. The van der Waals surface area contributed by atoms with Crippen LogP contribution in [0.5, 0.6) is 5.88 Å². The molecule has 1 aliphatic rings. The van der Waals surface area contributed by atoms with Crippen molar-refractivity contribution in [2.45, 2.75) is 31.4 Å². The van der Waals surface area contributed by atoms with Crippen molar-refractivity contribution in [2.75, 3.05) is 13.2 Å². The molecule has 1 aromatic carbocycles. The zero-order chi connectivity index (χ0) is 18.2. The van der Waals surface area contributed by atoms with Gasteiger partial charge in [-0.3, -0.25) is 9.59 Å². The van der Waals surface area contributed by atoms with Gasteiger partial charge in [0, 0.05) is 37.3 Å². The molecule has 3 rings (SSSR count). The number of nitrogens with zero attached hydrogens (tertiary/aromatic N) is 1. The first-order valence-corrected chi connectivity index (χ1v) is 8.75. The largest absolute Gasteiger partial charge is 0.470 e. The number of carbonyl (C=O) groups is 2. The minimum atomic E-state index is -0.299. The number of nitrogens with one attached hydrogen (secondary N) is 1. The van der Waals surface area contributed by atoms with Gasteiger partial charge in [0.1, 0.15) is 6.10 Å². The lowest BCUT2D eigenvalue weighted by Crippen LogP contribution is -2.51. The van der Waals surface area contributed by atoms with Crippen molar-refractivity contribution in [1.82, 2.24) is 10.3 Å². The molecule has 0 radical (unpaired) electrons. The van der Waals surface area contributed by atoms with Gasteiger partial charge in [-0.05, 0) is 12.5 Å². The molecule has 26 heavy (non-hydrogen) atoms. The monoisotopic (exact) mass is 354 g/mol. The normalized spacial score (nSPS) is 19.5. The van der Waals surface area contributed by atoms with Crippen molar-refractivity contribution < 1.29 is 19.1 Å². The van der Waals surface area contributed by atoms with Crippen LogP contribution in [-0.4, -0.2) is 42.0 Å². The third-order valence-corrected chi connectivity index (χ3v) is 4.24. The van der Waals surface area contributed by atoms with Crippen LogP contribution in [-0.2, 0) is 9.53 Å². The average molecular weight is 354 g/mol. The van der Waals surface area contributed by atoms with Crippen LogP contribution < -0.4 is 10.1 Å². The number of benzene rings is 1. The predicted molar refractivity (Wildman–Crippen MR) is 96.0 cm³/mol. The lowest BCUT2D eigenvalue weighted by atomic mass is 10.0. The molecule has 1 aliphatic heterocycles. The molecule has 1 amide bonds. The molecule has 1 saturated heterocycles. The van der Waals surface area contributed by atoms with Crippen molar-refractivity contribution in [3.63, 3.8) is 0 Å². The lowest BCUT2D eigenvalue weighted by molar-refractivity contribution is -0.124. The van der Waals surface area contributed by atoms with Crippen LogP contribution in [0.4, 0.5) is 0 Å². The number of pyridine rings is 1. The van der Waals surface area contributed by atoms with E-state index in [1.165, 1.54) is 0 Å². The SMILES string of the molecule is O=C(CCC(=O)c1ccccc1)N[C@@H]1CCOC[C@H]1Oc1ccccn1. The van der Waals surface area contributed by atoms with E-state index in [1.807, 2.05) is 30.3 Å². The van der Waals surface area contributed by atoms with Gasteiger partial charge >= 0.3 is 0 Å². The molecular formula is C20H22N2O4. The summed E-state index contributed by atoms with van der Waals surface area (Å²) in [4.78, 5) is 28.5. The fourth-order valence-electron chi connectivity index (χ4n) is 2.84. The van der Waals surface area contributed by atoms with E-state index in [2.05, 4.69) is 10.3 Å². The van der Waals surface area contributed by atoms with Gasteiger partial charge in [-0.1, -0.05) is 36.4 Å². The standard InChI is InChI=1S/C20H22N2O4/c23-17(15-6-2-1-3-7-15)9-10-19(24)22-16-11-13-25-14-18(16)26-20-8-4-5-12-21-20/h1-8,12,16,18H,9-11,13-14H2,(H,22,24)/t16-,18-/m1/s1. The summed E-state index contributed by atoms with van der Waals surface area (Å²) in [6.45, 7) is 0.959. The van der Waals surface area contributed by atoms with E-state index < -0.39 is 0 Å². The van der Waals surface area contributed by atoms with Gasteiger partial charge in [0.25, 0.3) is 0 Å². The number of ketones is 1. The minimum Gasteiger partial charge on any atom is -0.470 e. The quantitative estimate of drug-likeness (QED) is 0.773. The Morgan fingerprint density at radius 3 is 2.69 bits per heavy atom. The number of hydrogen-bond donors (Lipinski definition) is 1. The van der Waals surface area contributed by atoms with Crippen LogP contribution >= 0.6 is 0 Å². The lowest BCUT2D eigenvalue weighted by Gasteiger charge is -2.32. The molecule has 2 aromatic rings. The summed E-state index contributed by atoms with van der Waals surface area (Å²) < 4.78 is 11.3. The first kappa shape index (κ1) is 18.1. The van der Waals surface area contributed by atoms with E-state index in [4.69, 9.17) is 9.47 Å². The molecule has 0 aliphatic carbocycles. The maximum atomic E-state index is 12.3. The molecule has 6 heteroatoms. The molecular weight excluding hydrogens is 332 g/mol. The van der Waals surface area contributed by atoms with E-state index >= 15 is 0 Å². The third kappa shape index (κ3) is 5.13. The molecule has 136 valence electrons. The Balaban J connectivity index is 1.50. The summed E-state index contributed by atoms with van der Waals surface area (Å²) in [5.74, 6) is 0.311. The van der Waals surface area contributed by atoms with E-state index in [9.17, 15) is 9.59 Å². The molecule has 2 heterocycles. The van der Waals surface area contributed by atoms with Crippen LogP contribution in [0.15, 0.2) is 54.7 Å². The number of rotatable bonds is 7. The van der Waals surface area contributed by atoms with E-state index in [0.29, 0.717) is 31.1 Å². The Morgan fingerprint density at radius 1 is 1.12 bits per heavy atom. The van der Waals surface area contributed by atoms with Gasteiger partial charge in [-0.15, -0.1) is 0 Å². The second-order valence-corrected chi connectivity index (χ2v) is 6.15. The first-order chi connectivity index (χ1) is 12.7.